The van der Waals surface area contributed by atoms with Crippen molar-refractivity contribution in [2.24, 2.45) is 0 Å². The third-order valence-electron chi connectivity index (χ3n) is 1.64. The van der Waals surface area contributed by atoms with Crippen LogP contribution in [0.4, 0.5) is 13.2 Å². The minimum absolute atomic E-state index is 0.159. The highest BCUT2D eigenvalue weighted by Crippen LogP contribution is 2.26. The predicted octanol–water partition coefficient (Wildman–Crippen LogP) is 1.84. The highest BCUT2D eigenvalue weighted by atomic mass is 79.9. The molecule has 0 N–H and O–H groups in total. The Morgan fingerprint density at radius 2 is 1.94 bits per heavy atom. The van der Waals surface area contributed by atoms with Crippen LogP contribution in [0, 0.1) is 0 Å². The maximum absolute atomic E-state index is 12.2. The normalized spacial score (nSPS) is 11.8. The molecule has 0 aliphatic heterocycles. The van der Waals surface area contributed by atoms with Crippen molar-refractivity contribution < 1.29 is 13.2 Å². The molecular formula is C7H3BrF3N5. The minimum Gasteiger partial charge on any atom is -0.209 e. The maximum Gasteiger partial charge on any atom is 0.435 e. The Labute approximate surface area is 95.5 Å². The summed E-state index contributed by atoms with van der Waals surface area (Å²) < 4.78 is 38.1. The van der Waals surface area contributed by atoms with Crippen molar-refractivity contribution in [3.63, 3.8) is 0 Å². The zero-order valence-corrected chi connectivity index (χ0v) is 9.07. The number of rotatable bonds is 1. The molecule has 0 unspecified atom stereocenters. The van der Waals surface area contributed by atoms with Crippen molar-refractivity contribution in [1.29, 1.82) is 0 Å². The number of halogens is 4. The van der Waals surface area contributed by atoms with E-state index in [4.69, 9.17) is 0 Å². The topological polar surface area (TPSA) is 56.5 Å². The fourth-order valence-corrected chi connectivity index (χ4v) is 1.21. The molecule has 0 aliphatic rings. The van der Waals surface area contributed by atoms with E-state index in [0.29, 0.717) is 4.73 Å². The van der Waals surface area contributed by atoms with Crippen LogP contribution in [0.1, 0.15) is 5.69 Å². The van der Waals surface area contributed by atoms with Crippen molar-refractivity contribution in [1.82, 2.24) is 25.0 Å². The van der Waals surface area contributed by atoms with Crippen molar-refractivity contribution in [3.05, 3.63) is 28.9 Å². The lowest BCUT2D eigenvalue weighted by Crippen LogP contribution is -2.10. The molecule has 0 saturated heterocycles. The third kappa shape index (κ3) is 2.18. The van der Waals surface area contributed by atoms with Gasteiger partial charge in [-0.1, -0.05) is 0 Å². The van der Waals surface area contributed by atoms with Crippen molar-refractivity contribution in [3.8, 4) is 5.82 Å². The van der Waals surface area contributed by atoms with Crippen LogP contribution >= 0.6 is 15.9 Å². The molecule has 0 spiro atoms. The standard InChI is InChI=1S/C7H3BrF3N5/c8-6-12-3-16(15-6)5-2-1-4(13-14-5)7(9,10)11/h1-3H. The van der Waals surface area contributed by atoms with E-state index in [1.165, 1.54) is 11.0 Å². The van der Waals surface area contributed by atoms with Gasteiger partial charge in [0.2, 0.25) is 4.73 Å². The van der Waals surface area contributed by atoms with Crippen LogP contribution in [0.2, 0.25) is 0 Å². The highest BCUT2D eigenvalue weighted by Gasteiger charge is 2.32. The molecule has 2 rings (SSSR count). The van der Waals surface area contributed by atoms with Gasteiger partial charge < -0.3 is 0 Å². The second kappa shape index (κ2) is 3.81. The first-order valence-electron chi connectivity index (χ1n) is 3.95. The van der Waals surface area contributed by atoms with E-state index in [2.05, 4.69) is 36.2 Å². The van der Waals surface area contributed by atoms with Gasteiger partial charge in [0.1, 0.15) is 6.33 Å². The molecule has 0 aliphatic carbocycles. The quantitative estimate of drug-likeness (QED) is 0.805. The van der Waals surface area contributed by atoms with E-state index in [0.717, 1.165) is 12.1 Å². The number of aromatic nitrogens is 5. The summed E-state index contributed by atoms with van der Waals surface area (Å²) in [7, 11) is 0. The van der Waals surface area contributed by atoms with Gasteiger partial charge >= 0.3 is 6.18 Å². The van der Waals surface area contributed by atoms with Gasteiger partial charge in [-0.2, -0.15) is 17.9 Å². The van der Waals surface area contributed by atoms with Crippen LogP contribution in [-0.2, 0) is 6.18 Å². The Hall–Kier alpha value is -1.51. The Kier molecular flexibility index (Phi) is 2.62. The lowest BCUT2D eigenvalue weighted by Gasteiger charge is -2.04. The van der Waals surface area contributed by atoms with Gasteiger partial charge in [0, 0.05) is 0 Å². The Bertz CT molecular complexity index is 491. The van der Waals surface area contributed by atoms with E-state index in [1.807, 2.05) is 0 Å². The summed E-state index contributed by atoms with van der Waals surface area (Å²) in [5.41, 5.74) is -1.05. The van der Waals surface area contributed by atoms with Crippen molar-refractivity contribution in [2.45, 2.75) is 6.18 Å². The largest absolute Gasteiger partial charge is 0.435 e. The molecule has 0 saturated carbocycles. The van der Waals surface area contributed by atoms with Crippen LogP contribution in [0.15, 0.2) is 23.2 Å². The zero-order chi connectivity index (χ0) is 11.8. The second-order valence-corrected chi connectivity index (χ2v) is 3.44. The monoisotopic (exact) mass is 293 g/mol. The minimum atomic E-state index is -4.49. The first-order valence-corrected chi connectivity index (χ1v) is 4.74. The van der Waals surface area contributed by atoms with Crippen LogP contribution < -0.4 is 0 Å². The smallest absolute Gasteiger partial charge is 0.209 e. The summed E-state index contributed by atoms with van der Waals surface area (Å²) >= 11 is 3.00. The zero-order valence-electron chi connectivity index (χ0n) is 7.48. The number of hydrogen-bond donors (Lipinski definition) is 0. The van der Waals surface area contributed by atoms with Gasteiger partial charge in [-0.25, -0.2) is 4.98 Å². The summed E-state index contributed by atoms with van der Waals surface area (Å²) in [6.07, 6.45) is -3.18. The van der Waals surface area contributed by atoms with Crippen LogP contribution in [0.5, 0.6) is 0 Å². The van der Waals surface area contributed by atoms with Crippen LogP contribution in [0.25, 0.3) is 5.82 Å². The Morgan fingerprint density at radius 3 is 2.38 bits per heavy atom. The third-order valence-corrected chi connectivity index (χ3v) is 2.00. The van der Waals surface area contributed by atoms with Crippen molar-refractivity contribution in [2.75, 3.05) is 0 Å². The lowest BCUT2D eigenvalue weighted by molar-refractivity contribution is -0.141. The molecule has 0 fully saturated rings. The van der Waals surface area contributed by atoms with E-state index < -0.39 is 11.9 Å². The van der Waals surface area contributed by atoms with Crippen LogP contribution in [-0.4, -0.2) is 25.0 Å². The average molecular weight is 294 g/mol. The van der Waals surface area contributed by atoms with Gasteiger partial charge in [-0.15, -0.1) is 15.3 Å². The molecule has 84 valence electrons. The predicted molar refractivity (Wildman–Crippen MR) is 49.7 cm³/mol. The summed E-state index contributed by atoms with van der Waals surface area (Å²) in [4.78, 5) is 3.74. The Balaban J connectivity index is 2.33. The van der Waals surface area contributed by atoms with E-state index in [1.54, 1.807) is 0 Å². The van der Waals surface area contributed by atoms with Gasteiger partial charge in [0.25, 0.3) is 0 Å². The van der Waals surface area contributed by atoms with Gasteiger partial charge in [-0.3, -0.25) is 0 Å². The fourth-order valence-electron chi connectivity index (χ4n) is 0.952. The molecule has 5 nitrogen and oxygen atoms in total. The molecule has 2 heterocycles. The fraction of sp³-hybridized carbons (Fsp3) is 0.143. The van der Waals surface area contributed by atoms with E-state index in [-0.39, 0.29) is 5.82 Å². The summed E-state index contributed by atoms with van der Waals surface area (Å²) in [6.45, 7) is 0. The molecule has 16 heavy (non-hydrogen) atoms. The SMILES string of the molecule is FC(F)(F)c1ccc(-n2cnc(Br)n2)nn1. The number of nitrogens with zero attached hydrogens (tertiary/aromatic N) is 5. The van der Waals surface area contributed by atoms with E-state index in [9.17, 15) is 13.2 Å². The molecule has 0 atom stereocenters. The first kappa shape index (κ1) is 11.0. The average Bonchev–Trinajstić information content (AvgIpc) is 2.64. The van der Waals surface area contributed by atoms with E-state index >= 15 is 0 Å². The number of hydrogen-bond acceptors (Lipinski definition) is 4. The second-order valence-electron chi connectivity index (χ2n) is 2.73. The molecule has 0 radical (unpaired) electrons. The first-order chi connectivity index (χ1) is 7.47. The molecular weight excluding hydrogens is 291 g/mol. The molecule has 0 aromatic carbocycles. The Morgan fingerprint density at radius 1 is 1.19 bits per heavy atom. The van der Waals surface area contributed by atoms with Gasteiger partial charge in [-0.05, 0) is 28.1 Å². The highest BCUT2D eigenvalue weighted by molar-refractivity contribution is 9.10. The van der Waals surface area contributed by atoms with Crippen LogP contribution in [0.3, 0.4) is 0 Å². The van der Waals surface area contributed by atoms with Gasteiger partial charge in [0.05, 0.1) is 0 Å². The summed E-state index contributed by atoms with van der Waals surface area (Å²) in [5, 5.41) is 10.3. The summed E-state index contributed by atoms with van der Waals surface area (Å²) in [5.74, 6) is 0.159. The lowest BCUT2D eigenvalue weighted by atomic mass is 10.4. The molecule has 2 aromatic rings. The number of alkyl halides is 3. The molecule has 0 amide bonds. The molecule has 2 aromatic heterocycles. The maximum atomic E-state index is 12.2. The van der Waals surface area contributed by atoms with Gasteiger partial charge in [0.15, 0.2) is 11.5 Å². The summed E-state index contributed by atoms with van der Waals surface area (Å²) in [6, 6.07) is 1.99. The molecule has 9 heteroatoms. The van der Waals surface area contributed by atoms with Crippen molar-refractivity contribution >= 4 is 15.9 Å². The molecule has 0 bridgehead atoms.